The minimum absolute atomic E-state index is 0.0964. The quantitative estimate of drug-likeness (QED) is 0.422. The zero-order chi connectivity index (χ0) is 13.0. The van der Waals surface area contributed by atoms with Crippen LogP contribution in [0, 0.1) is 0 Å². The van der Waals surface area contributed by atoms with Gasteiger partial charge in [0.25, 0.3) is 0 Å². The van der Waals surface area contributed by atoms with Crippen LogP contribution in [0.4, 0.5) is 0 Å². The number of benzene rings is 1. The van der Waals surface area contributed by atoms with Crippen LogP contribution in [0.2, 0.25) is 0 Å². The predicted molar refractivity (Wildman–Crippen MR) is 70.1 cm³/mol. The molecule has 0 amide bonds. The van der Waals surface area contributed by atoms with E-state index < -0.39 is 0 Å². The molecule has 3 nitrogen and oxygen atoms in total. The Morgan fingerprint density at radius 1 is 1.28 bits per heavy atom. The Hall–Kier alpha value is -1.35. The van der Waals surface area contributed by atoms with Gasteiger partial charge in [-0.05, 0) is 30.7 Å². The van der Waals surface area contributed by atoms with Crippen LogP contribution in [-0.4, -0.2) is 25.1 Å². The molecule has 1 fully saturated rings. The molecule has 1 aromatic carbocycles. The van der Waals surface area contributed by atoms with Crippen molar-refractivity contribution in [2.45, 2.75) is 44.8 Å². The Morgan fingerprint density at radius 3 is 2.61 bits per heavy atom. The van der Waals surface area contributed by atoms with Crippen molar-refractivity contribution in [3.05, 3.63) is 29.8 Å². The third-order valence-electron chi connectivity index (χ3n) is 3.31. The molecule has 3 heteroatoms. The predicted octanol–water partition coefficient (Wildman–Crippen LogP) is 3.23. The average Bonchev–Trinajstić information content (AvgIpc) is 3.18. The summed E-state index contributed by atoms with van der Waals surface area (Å²) >= 11 is 0. The normalized spacial score (nSPS) is 21.7. The molecular formula is C15H20O3. The monoisotopic (exact) mass is 248 g/mol. The molecule has 0 unspecified atom stereocenters. The van der Waals surface area contributed by atoms with Crippen LogP contribution < -0.4 is 4.74 Å². The largest absolute Gasteiger partial charge is 0.497 e. The molecule has 1 heterocycles. The number of hydrogen-bond donors (Lipinski definition) is 0. The highest BCUT2D eigenvalue weighted by Gasteiger charge is 2.44. The number of carbonyl (C=O) groups excluding carboxylic acids is 1. The molecule has 1 aliphatic rings. The number of carbonyl (C=O) groups is 1. The molecule has 2 atom stereocenters. The number of methoxy groups -OCH3 is 1. The molecule has 0 bridgehead atoms. The third kappa shape index (κ3) is 3.10. The number of ether oxygens (including phenoxy) is 2. The summed E-state index contributed by atoms with van der Waals surface area (Å²) in [4.78, 5) is 12.1. The number of epoxide rings is 1. The Morgan fingerprint density at radius 2 is 2.00 bits per heavy atom. The molecule has 1 saturated heterocycles. The van der Waals surface area contributed by atoms with Crippen molar-refractivity contribution in [1.82, 2.24) is 0 Å². The van der Waals surface area contributed by atoms with Crippen LogP contribution in [0.3, 0.4) is 0 Å². The molecule has 1 aromatic rings. The lowest BCUT2D eigenvalue weighted by Gasteiger charge is -2.01. The van der Waals surface area contributed by atoms with E-state index in [1.54, 1.807) is 19.2 Å². The summed E-state index contributed by atoms with van der Waals surface area (Å²) in [5, 5.41) is 0. The molecule has 0 aromatic heterocycles. The van der Waals surface area contributed by atoms with Gasteiger partial charge in [-0.25, -0.2) is 0 Å². The summed E-state index contributed by atoms with van der Waals surface area (Å²) < 4.78 is 10.5. The summed E-state index contributed by atoms with van der Waals surface area (Å²) in [7, 11) is 1.62. The maximum atomic E-state index is 12.1. The standard InChI is InChI=1S/C15H20O3/c1-3-4-5-6-13-15(18-13)14(16)11-7-9-12(17-2)10-8-11/h7-10,13,15H,3-6H2,1-2H3/t13-,15+/m1/s1. The second-order valence-corrected chi connectivity index (χ2v) is 4.68. The van der Waals surface area contributed by atoms with Gasteiger partial charge in [0.2, 0.25) is 0 Å². The maximum Gasteiger partial charge on any atom is 0.194 e. The summed E-state index contributed by atoms with van der Waals surface area (Å²) in [6.45, 7) is 2.17. The summed E-state index contributed by atoms with van der Waals surface area (Å²) in [6.07, 6.45) is 4.49. The first-order chi connectivity index (χ1) is 8.76. The van der Waals surface area contributed by atoms with E-state index in [0.29, 0.717) is 5.56 Å². The van der Waals surface area contributed by atoms with Crippen LogP contribution >= 0.6 is 0 Å². The van der Waals surface area contributed by atoms with Crippen molar-refractivity contribution >= 4 is 5.78 Å². The Balaban J connectivity index is 1.85. The van der Waals surface area contributed by atoms with E-state index in [9.17, 15) is 4.79 Å². The lowest BCUT2D eigenvalue weighted by Crippen LogP contribution is -2.10. The molecule has 0 saturated carbocycles. The number of rotatable bonds is 7. The molecule has 1 aliphatic heterocycles. The molecule has 0 spiro atoms. The zero-order valence-electron chi connectivity index (χ0n) is 11.0. The van der Waals surface area contributed by atoms with E-state index >= 15 is 0 Å². The average molecular weight is 248 g/mol. The fourth-order valence-electron chi connectivity index (χ4n) is 2.11. The highest BCUT2D eigenvalue weighted by molar-refractivity contribution is 6.01. The lowest BCUT2D eigenvalue weighted by atomic mass is 10.0. The fourth-order valence-corrected chi connectivity index (χ4v) is 2.11. The first kappa shape index (κ1) is 13.1. The topological polar surface area (TPSA) is 38.8 Å². The second kappa shape index (κ2) is 6.01. The van der Waals surface area contributed by atoms with Gasteiger partial charge < -0.3 is 9.47 Å². The number of ketones is 1. The van der Waals surface area contributed by atoms with Crippen LogP contribution in [0.15, 0.2) is 24.3 Å². The van der Waals surface area contributed by atoms with Crippen molar-refractivity contribution in [2.24, 2.45) is 0 Å². The zero-order valence-corrected chi connectivity index (χ0v) is 11.0. The highest BCUT2D eigenvalue weighted by atomic mass is 16.6. The highest BCUT2D eigenvalue weighted by Crippen LogP contribution is 2.30. The maximum absolute atomic E-state index is 12.1. The van der Waals surface area contributed by atoms with Gasteiger partial charge in [0.05, 0.1) is 13.2 Å². The third-order valence-corrected chi connectivity index (χ3v) is 3.31. The molecule has 0 aliphatic carbocycles. The van der Waals surface area contributed by atoms with E-state index in [2.05, 4.69) is 6.92 Å². The van der Waals surface area contributed by atoms with E-state index in [1.807, 2.05) is 12.1 Å². The van der Waals surface area contributed by atoms with E-state index in [4.69, 9.17) is 9.47 Å². The van der Waals surface area contributed by atoms with Gasteiger partial charge in [-0.2, -0.15) is 0 Å². The summed E-state index contributed by atoms with van der Waals surface area (Å²) in [5.74, 6) is 0.863. The minimum Gasteiger partial charge on any atom is -0.497 e. The van der Waals surface area contributed by atoms with Gasteiger partial charge in [-0.3, -0.25) is 4.79 Å². The number of unbranched alkanes of at least 4 members (excludes halogenated alkanes) is 2. The Kier molecular flexibility index (Phi) is 4.37. The molecule has 0 radical (unpaired) electrons. The Bertz CT molecular complexity index is 397. The lowest BCUT2D eigenvalue weighted by molar-refractivity contribution is 0.0953. The van der Waals surface area contributed by atoms with E-state index in [1.165, 1.54) is 12.8 Å². The summed E-state index contributed by atoms with van der Waals surface area (Å²) in [6, 6.07) is 7.21. The Labute approximate surface area is 108 Å². The minimum atomic E-state index is -0.213. The SMILES string of the molecule is CCCCC[C@H]1O[C@@H]1C(=O)c1ccc(OC)cc1. The summed E-state index contributed by atoms with van der Waals surface area (Å²) in [5.41, 5.74) is 0.707. The van der Waals surface area contributed by atoms with Gasteiger partial charge in [-0.1, -0.05) is 26.2 Å². The fraction of sp³-hybridized carbons (Fsp3) is 0.533. The molecule has 0 N–H and O–H groups in total. The number of Topliss-reactive ketones (excluding diaryl/α,β-unsaturated/α-hetero) is 1. The van der Waals surface area contributed by atoms with Crippen LogP contribution in [-0.2, 0) is 4.74 Å². The van der Waals surface area contributed by atoms with Crippen molar-refractivity contribution < 1.29 is 14.3 Å². The van der Waals surface area contributed by atoms with Crippen molar-refractivity contribution in [1.29, 1.82) is 0 Å². The van der Waals surface area contributed by atoms with Gasteiger partial charge in [0.1, 0.15) is 11.9 Å². The number of hydrogen-bond acceptors (Lipinski definition) is 3. The van der Waals surface area contributed by atoms with Crippen LogP contribution in [0.1, 0.15) is 43.0 Å². The van der Waals surface area contributed by atoms with Crippen LogP contribution in [0.5, 0.6) is 5.75 Å². The van der Waals surface area contributed by atoms with Gasteiger partial charge in [0, 0.05) is 5.56 Å². The second-order valence-electron chi connectivity index (χ2n) is 4.68. The van der Waals surface area contributed by atoms with Gasteiger partial charge in [-0.15, -0.1) is 0 Å². The van der Waals surface area contributed by atoms with Crippen molar-refractivity contribution in [2.75, 3.05) is 7.11 Å². The van der Waals surface area contributed by atoms with Gasteiger partial charge in [0.15, 0.2) is 5.78 Å². The molecule has 98 valence electrons. The van der Waals surface area contributed by atoms with Gasteiger partial charge >= 0.3 is 0 Å². The molecule has 2 rings (SSSR count). The first-order valence-corrected chi connectivity index (χ1v) is 6.60. The molecular weight excluding hydrogens is 228 g/mol. The first-order valence-electron chi connectivity index (χ1n) is 6.60. The molecule has 18 heavy (non-hydrogen) atoms. The van der Waals surface area contributed by atoms with Crippen molar-refractivity contribution in [3.8, 4) is 5.75 Å². The van der Waals surface area contributed by atoms with E-state index in [0.717, 1.165) is 18.6 Å². The van der Waals surface area contributed by atoms with Crippen molar-refractivity contribution in [3.63, 3.8) is 0 Å². The van der Waals surface area contributed by atoms with Crippen LogP contribution in [0.25, 0.3) is 0 Å². The van der Waals surface area contributed by atoms with E-state index in [-0.39, 0.29) is 18.0 Å². The smallest absolute Gasteiger partial charge is 0.194 e.